The van der Waals surface area contributed by atoms with Crippen molar-refractivity contribution in [2.24, 2.45) is 0 Å². The molecule has 0 saturated heterocycles. The third kappa shape index (κ3) is 3.97. The average Bonchev–Trinajstić information content (AvgIpc) is 3.59. The summed E-state index contributed by atoms with van der Waals surface area (Å²) in [6.07, 6.45) is 5.45. The lowest BCUT2D eigenvalue weighted by Gasteiger charge is -2.23. The van der Waals surface area contributed by atoms with Gasteiger partial charge in [0.25, 0.3) is 0 Å². The number of benzene rings is 2. The van der Waals surface area contributed by atoms with Crippen LogP contribution in [0.3, 0.4) is 0 Å². The molecule has 7 aromatic rings. The Morgan fingerprint density at radius 3 is 2.41 bits per heavy atom. The van der Waals surface area contributed by atoms with E-state index in [0.717, 1.165) is 61.4 Å². The number of hydrogen-bond donors (Lipinski definition) is 0. The fourth-order valence-electron chi connectivity index (χ4n) is 6.54. The Balaban J connectivity index is 1.30. The number of pyridine rings is 4. The Hall–Kier alpha value is -5.24. The molecule has 0 bridgehead atoms. The van der Waals surface area contributed by atoms with E-state index in [2.05, 4.69) is 104 Å². The molecule has 0 unspecified atom stereocenters. The fraction of sp³-hybridized carbons (Fsp3) is 0.222. The van der Waals surface area contributed by atoms with Crippen molar-refractivity contribution in [2.75, 3.05) is 23.5 Å². The van der Waals surface area contributed by atoms with Crippen LogP contribution < -0.4 is 14.5 Å². The molecular weight excluding hydrogens is 546 g/mol. The number of fused-ring (bicyclic) bond motifs is 9. The van der Waals surface area contributed by atoms with Crippen LogP contribution in [0.4, 0.5) is 17.2 Å². The van der Waals surface area contributed by atoms with E-state index in [1.807, 2.05) is 24.5 Å². The van der Waals surface area contributed by atoms with E-state index < -0.39 is 0 Å². The largest absolute Gasteiger partial charge is 0.454 e. The quantitative estimate of drug-likeness (QED) is 0.189. The maximum Gasteiger partial charge on any atom is 0.158 e. The zero-order chi connectivity index (χ0) is 30.1. The molecule has 0 amide bonds. The van der Waals surface area contributed by atoms with Crippen LogP contribution in [-0.2, 0) is 0 Å². The van der Waals surface area contributed by atoms with E-state index in [0.29, 0.717) is 24.1 Å². The Morgan fingerprint density at radius 2 is 1.57 bits per heavy atom. The maximum absolute atomic E-state index is 6.53. The zero-order valence-electron chi connectivity index (χ0n) is 25.5. The van der Waals surface area contributed by atoms with Gasteiger partial charge in [0.2, 0.25) is 0 Å². The van der Waals surface area contributed by atoms with Gasteiger partial charge in [-0.05, 0) is 53.8 Å². The lowest BCUT2D eigenvalue weighted by molar-refractivity contribution is 0.478. The van der Waals surface area contributed by atoms with Crippen LogP contribution in [0.1, 0.15) is 50.8 Å². The normalized spacial score (nSPS) is 13.3. The van der Waals surface area contributed by atoms with Crippen molar-refractivity contribution < 1.29 is 4.74 Å². The van der Waals surface area contributed by atoms with Crippen LogP contribution in [0.15, 0.2) is 85.3 Å². The smallest absolute Gasteiger partial charge is 0.158 e. The van der Waals surface area contributed by atoms with Crippen LogP contribution in [0.25, 0.3) is 38.5 Å². The average molecular weight is 580 g/mol. The summed E-state index contributed by atoms with van der Waals surface area (Å²) in [7, 11) is 2.08. The molecule has 2 aromatic carbocycles. The molecule has 1 aliphatic heterocycles. The van der Waals surface area contributed by atoms with Crippen LogP contribution >= 0.6 is 0 Å². The third-order valence-electron chi connectivity index (χ3n) is 8.57. The first-order chi connectivity index (χ1) is 21.4. The summed E-state index contributed by atoms with van der Waals surface area (Å²) in [4.78, 5) is 24.1. The van der Waals surface area contributed by atoms with Gasteiger partial charge in [-0.25, -0.2) is 9.97 Å². The monoisotopic (exact) mass is 579 g/mol. The van der Waals surface area contributed by atoms with Gasteiger partial charge in [0.05, 0.1) is 58.2 Å². The number of hydrogen-bond acceptors (Lipinski definition) is 7. The number of imidazole rings is 1. The lowest BCUT2D eigenvalue weighted by Crippen LogP contribution is -2.25. The number of anilines is 3. The first-order valence-electron chi connectivity index (χ1n) is 15.1. The van der Waals surface area contributed by atoms with Gasteiger partial charge in [-0.1, -0.05) is 52.0 Å². The summed E-state index contributed by atoms with van der Waals surface area (Å²) in [6.45, 7) is 9.46. The number of para-hydroxylation sites is 2. The molecule has 0 atom stereocenters. The molecule has 8 nitrogen and oxygen atoms in total. The standard InChI is InChI=1S/C36H33N7O/c1-21(2)25-10-8-13-29-32(25)34-26(35-40-27-11-6-7-12-28(27)43(29)35)16-23(18-39-34)44-24-17-31(33(22(3)4)38-19-24)42-20-41(5)30-14-9-15-37-36(30)42/h6-19,21-22H,20H2,1-5H3. The molecular formula is C36H33N7O. The van der Waals surface area contributed by atoms with Gasteiger partial charge in [0, 0.05) is 30.1 Å². The highest BCUT2D eigenvalue weighted by Crippen LogP contribution is 2.42. The van der Waals surface area contributed by atoms with Crippen LogP contribution in [0, 0.1) is 0 Å². The van der Waals surface area contributed by atoms with Gasteiger partial charge >= 0.3 is 0 Å². The molecule has 0 fully saturated rings. The second kappa shape index (κ2) is 9.91. The molecule has 0 saturated carbocycles. The molecule has 1 aliphatic rings. The summed E-state index contributed by atoms with van der Waals surface area (Å²) >= 11 is 0. The minimum Gasteiger partial charge on any atom is -0.454 e. The lowest BCUT2D eigenvalue weighted by atomic mass is 9.96. The minimum atomic E-state index is 0.228. The highest BCUT2D eigenvalue weighted by atomic mass is 16.5. The van der Waals surface area contributed by atoms with Crippen molar-refractivity contribution in [1.82, 2.24) is 24.3 Å². The first-order valence-corrected chi connectivity index (χ1v) is 15.1. The van der Waals surface area contributed by atoms with E-state index in [1.165, 1.54) is 5.56 Å². The van der Waals surface area contributed by atoms with Gasteiger partial charge < -0.3 is 14.5 Å². The van der Waals surface area contributed by atoms with Gasteiger partial charge in [0.15, 0.2) is 5.82 Å². The number of ether oxygens (including phenoxy) is 1. The van der Waals surface area contributed by atoms with Crippen molar-refractivity contribution in [1.29, 1.82) is 0 Å². The Morgan fingerprint density at radius 1 is 0.773 bits per heavy atom. The molecule has 6 heterocycles. The van der Waals surface area contributed by atoms with E-state index in [9.17, 15) is 0 Å². The molecule has 218 valence electrons. The second-order valence-electron chi connectivity index (χ2n) is 12.2. The molecule has 8 heteroatoms. The highest BCUT2D eigenvalue weighted by molar-refractivity contribution is 6.13. The molecule has 5 aromatic heterocycles. The van der Waals surface area contributed by atoms with E-state index in [1.54, 1.807) is 6.20 Å². The predicted octanol–water partition coefficient (Wildman–Crippen LogP) is 8.56. The summed E-state index contributed by atoms with van der Waals surface area (Å²) in [5, 5.41) is 2.10. The molecule has 0 spiro atoms. The molecule has 0 radical (unpaired) electrons. The summed E-state index contributed by atoms with van der Waals surface area (Å²) in [5.41, 5.74) is 9.27. The summed E-state index contributed by atoms with van der Waals surface area (Å²) in [6, 6.07) is 23.0. The molecule has 0 N–H and O–H groups in total. The summed E-state index contributed by atoms with van der Waals surface area (Å²) in [5.74, 6) is 2.76. The van der Waals surface area contributed by atoms with Crippen molar-refractivity contribution in [3.8, 4) is 11.5 Å². The van der Waals surface area contributed by atoms with Crippen LogP contribution in [-0.4, -0.2) is 38.1 Å². The van der Waals surface area contributed by atoms with E-state index in [-0.39, 0.29) is 5.92 Å². The van der Waals surface area contributed by atoms with Gasteiger partial charge in [-0.3, -0.25) is 14.4 Å². The molecule has 8 rings (SSSR count). The van der Waals surface area contributed by atoms with Crippen molar-refractivity contribution >= 4 is 55.7 Å². The minimum absolute atomic E-state index is 0.228. The fourth-order valence-corrected chi connectivity index (χ4v) is 6.54. The van der Waals surface area contributed by atoms with Gasteiger partial charge in [-0.2, -0.15) is 0 Å². The number of aromatic nitrogens is 5. The van der Waals surface area contributed by atoms with Gasteiger partial charge in [-0.15, -0.1) is 0 Å². The van der Waals surface area contributed by atoms with Crippen molar-refractivity contribution in [3.63, 3.8) is 0 Å². The molecule has 0 aliphatic carbocycles. The van der Waals surface area contributed by atoms with E-state index in [4.69, 9.17) is 24.7 Å². The maximum atomic E-state index is 6.53. The number of rotatable bonds is 5. The third-order valence-corrected chi connectivity index (χ3v) is 8.57. The topological polar surface area (TPSA) is 71.7 Å². The van der Waals surface area contributed by atoms with Gasteiger partial charge in [0.1, 0.15) is 17.1 Å². The molecule has 44 heavy (non-hydrogen) atoms. The Bertz CT molecular complexity index is 2240. The second-order valence-corrected chi connectivity index (χ2v) is 12.2. The predicted molar refractivity (Wildman–Crippen MR) is 178 cm³/mol. The van der Waals surface area contributed by atoms with Crippen LogP contribution in [0.5, 0.6) is 11.5 Å². The first kappa shape index (κ1) is 26.4. The zero-order valence-corrected chi connectivity index (χ0v) is 25.5. The Kier molecular flexibility index (Phi) is 5.94. The van der Waals surface area contributed by atoms with Crippen molar-refractivity contribution in [2.45, 2.75) is 39.5 Å². The Labute approximate surface area is 255 Å². The van der Waals surface area contributed by atoms with Crippen molar-refractivity contribution in [3.05, 3.63) is 96.6 Å². The summed E-state index contributed by atoms with van der Waals surface area (Å²) < 4.78 is 8.79. The van der Waals surface area contributed by atoms with E-state index >= 15 is 0 Å². The number of nitrogens with zero attached hydrogens (tertiary/aromatic N) is 7. The van der Waals surface area contributed by atoms with Crippen LogP contribution in [0.2, 0.25) is 0 Å². The SMILES string of the molecule is CC(C)c1ncc(Oc2cnc3c(c2)c2nc4ccccc4n2c2cccc(C(C)C)c32)cc1N1CN(C)c2cccnc21. The highest BCUT2D eigenvalue weighted by Gasteiger charge is 2.29.